The number of hydrogen-bond donors (Lipinski definition) is 0. The lowest BCUT2D eigenvalue weighted by Crippen LogP contribution is -2.18. The third-order valence-electron chi connectivity index (χ3n) is 3.97. The molecule has 3 rings (SSSR count). The highest BCUT2D eigenvalue weighted by Crippen LogP contribution is 2.53. The zero-order chi connectivity index (χ0) is 10.1. The molecule has 2 aliphatic rings. The first-order valence-corrected chi connectivity index (χ1v) is 7.16. The molecule has 1 heterocycles. The van der Waals surface area contributed by atoms with Crippen LogP contribution in [-0.4, -0.2) is 5.75 Å². The molecule has 0 nitrogen and oxygen atoms in total. The van der Waals surface area contributed by atoms with Gasteiger partial charge in [-0.3, -0.25) is 0 Å². The largest absolute Gasteiger partial charge is 0.153 e. The zero-order valence-electron chi connectivity index (χ0n) is 9.06. The average Bonchev–Trinajstić information content (AvgIpc) is 2.74. The van der Waals surface area contributed by atoms with Crippen molar-refractivity contribution in [3.63, 3.8) is 0 Å². The number of rotatable bonds is 1. The molecule has 0 unspecified atom stereocenters. The fourth-order valence-electron chi connectivity index (χ4n) is 3.18. The summed E-state index contributed by atoms with van der Waals surface area (Å²) in [6.07, 6.45) is 5.90. The molecule has 0 radical (unpaired) electrons. The van der Waals surface area contributed by atoms with Crippen LogP contribution in [0.2, 0.25) is 0 Å². The Morgan fingerprint density at radius 1 is 1.00 bits per heavy atom. The van der Waals surface area contributed by atoms with Crippen LogP contribution in [0.3, 0.4) is 0 Å². The van der Waals surface area contributed by atoms with Crippen molar-refractivity contribution >= 4 is 11.8 Å². The first-order valence-electron chi connectivity index (χ1n) is 6.12. The van der Waals surface area contributed by atoms with Gasteiger partial charge in [0.05, 0.1) is 0 Å². The molecule has 0 aromatic heterocycles. The monoisotopic (exact) mass is 218 g/mol. The van der Waals surface area contributed by atoms with Gasteiger partial charge >= 0.3 is 0 Å². The van der Waals surface area contributed by atoms with Crippen LogP contribution in [-0.2, 0) is 0 Å². The van der Waals surface area contributed by atoms with Gasteiger partial charge in [-0.15, -0.1) is 0 Å². The van der Waals surface area contributed by atoms with Crippen LogP contribution in [0.15, 0.2) is 30.3 Å². The third kappa shape index (κ3) is 1.82. The number of benzene rings is 1. The molecule has 1 aliphatic heterocycles. The third-order valence-corrected chi connectivity index (χ3v) is 5.58. The second-order valence-corrected chi connectivity index (χ2v) is 6.05. The second-order valence-electron chi connectivity index (χ2n) is 4.87. The van der Waals surface area contributed by atoms with Crippen molar-refractivity contribution in [3.8, 4) is 0 Å². The average molecular weight is 218 g/mol. The van der Waals surface area contributed by atoms with Gasteiger partial charge in [0.25, 0.3) is 0 Å². The first-order chi connectivity index (χ1) is 7.45. The lowest BCUT2D eigenvalue weighted by Gasteiger charge is -2.28. The van der Waals surface area contributed by atoms with Crippen LogP contribution in [0.4, 0.5) is 0 Å². The van der Waals surface area contributed by atoms with Crippen molar-refractivity contribution in [3.05, 3.63) is 35.9 Å². The van der Waals surface area contributed by atoms with Crippen molar-refractivity contribution < 1.29 is 0 Å². The molecular weight excluding hydrogens is 200 g/mol. The van der Waals surface area contributed by atoms with Crippen molar-refractivity contribution in [2.45, 2.75) is 30.9 Å². The standard InChI is InChI=1S/C14H18S/c1-2-6-11(7-3-1)14-13-9-5-4-8-12(13)10-15-14/h1-3,6-7,12-14H,4-5,8-10H2/t12-,13+,14+/m0/s1. The molecule has 0 bridgehead atoms. The molecule has 1 aromatic rings. The normalized spacial score (nSPS) is 35.1. The Morgan fingerprint density at radius 3 is 2.67 bits per heavy atom. The van der Waals surface area contributed by atoms with Gasteiger partial charge in [0.1, 0.15) is 0 Å². The molecule has 1 aromatic carbocycles. The second kappa shape index (κ2) is 4.21. The van der Waals surface area contributed by atoms with Crippen molar-refractivity contribution in [2.75, 3.05) is 5.75 Å². The lowest BCUT2D eigenvalue weighted by atomic mass is 9.77. The summed E-state index contributed by atoms with van der Waals surface area (Å²) >= 11 is 2.20. The summed E-state index contributed by atoms with van der Waals surface area (Å²) in [6.45, 7) is 0. The van der Waals surface area contributed by atoms with Crippen LogP contribution < -0.4 is 0 Å². The van der Waals surface area contributed by atoms with E-state index in [0.29, 0.717) is 0 Å². The topological polar surface area (TPSA) is 0 Å². The molecule has 15 heavy (non-hydrogen) atoms. The Bertz CT molecular complexity index is 319. The molecule has 1 saturated heterocycles. The molecule has 1 heteroatoms. The Morgan fingerprint density at radius 2 is 1.80 bits per heavy atom. The summed E-state index contributed by atoms with van der Waals surface area (Å²) < 4.78 is 0. The van der Waals surface area contributed by atoms with E-state index in [-0.39, 0.29) is 0 Å². The SMILES string of the molecule is c1ccc([C@H]2SC[C@@H]3CCCC[C@H]32)cc1. The van der Waals surface area contributed by atoms with Gasteiger partial charge in [0.15, 0.2) is 0 Å². The summed E-state index contributed by atoms with van der Waals surface area (Å²) in [7, 11) is 0. The quantitative estimate of drug-likeness (QED) is 0.678. The predicted molar refractivity (Wildman–Crippen MR) is 67.1 cm³/mol. The minimum absolute atomic E-state index is 0.802. The van der Waals surface area contributed by atoms with Gasteiger partial charge in [0.2, 0.25) is 0 Å². The van der Waals surface area contributed by atoms with E-state index in [1.54, 1.807) is 5.56 Å². The van der Waals surface area contributed by atoms with Gasteiger partial charge in [-0.25, -0.2) is 0 Å². The molecule has 0 N–H and O–H groups in total. The smallest absolute Gasteiger partial charge is 0.0328 e. The van der Waals surface area contributed by atoms with Gasteiger partial charge in [-0.2, -0.15) is 11.8 Å². The molecule has 3 atom stereocenters. The summed E-state index contributed by atoms with van der Waals surface area (Å²) in [5.41, 5.74) is 1.57. The van der Waals surface area contributed by atoms with E-state index in [2.05, 4.69) is 42.1 Å². The summed E-state index contributed by atoms with van der Waals surface area (Å²) in [5.74, 6) is 3.41. The van der Waals surface area contributed by atoms with Crippen molar-refractivity contribution in [1.82, 2.24) is 0 Å². The molecule has 0 amide bonds. The molecular formula is C14H18S. The lowest BCUT2D eigenvalue weighted by molar-refractivity contribution is 0.271. The predicted octanol–water partition coefficient (Wildman–Crippen LogP) is 4.28. The number of thioether (sulfide) groups is 1. The Hall–Kier alpha value is -0.430. The maximum absolute atomic E-state index is 2.31. The van der Waals surface area contributed by atoms with E-state index < -0.39 is 0 Å². The van der Waals surface area contributed by atoms with Crippen LogP contribution in [0.5, 0.6) is 0 Å². The molecule has 1 saturated carbocycles. The highest BCUT2D eigenvalue weighted by molar-refractivity contribution is 7.99. The highest BCUT2D eigenvalue weighted by Gasteiger charge is 2.38. The Labute approximate surface area is 96.5 Å². The van der Waals surface area contributed by atoms with Crippen molar-refractivity contribution in [1.29, 1.82) is 0 Å². The molecule has 2 fully saturated rings. The fourth-order valence-corrected chi connectivity index (χ4v) is 5.00. The van der Waals surface area contributed by atoms with Gasteiger partial charge in [-0.1, -0.05) is 43.2 Å². The van der Waals surface area contributed by atoms with E-state index in [9.17, 15) is 0 Å². The van der Waals surface area contributed by atoms with Crippen LogP contribution in [0.25, 0.3) is 0 Å². The maximum Gasteiger partial charge on any atom is 0.0328 e. The van der Waals surface area contributed by atoms with Gasteiger partial charge < -0.3 is 0 Å². The van der Waals surface area contributed by atoms with E-state index >= 15 is 0 Å². The number of fused-ring (bicyclic) bond motifs is 1. The minimum atomic E-state index is 0.802. The fraction of sp³-hybridized carbons (Fsp3) is 0.571. The van der Waals surface area contributed by atoms with Crippen LogP contribution in [0.1, 0.15) is 36.5 Å². The molecule has 80 valence electrons. The Balaban J connectivity index is 1.82. The van der Waals surface area contributed by atoms with E-state index in [4.69, 9.17) is 0 Å². The summed E-state index contributed by atoms with van der Waals surface area (Å²) in [6, 6.07) is 11.1. The van der Waals surface area contributed by atoms with Crippen molar-refractivity contribution in [2.24, 2.45) is 11.8 Å². The summed E-state index contributed by atoms with van der Waals surface area (Å²) in [5, 5.41) is 0.802. The van der Waals surface area contributed by atoms with Crippen LogP contribution in [0, 0.1) is 11.8 Å². The van der Waals surface area contributed by atoms with Gasteiger partial charge in [-0.05, 0) is 36.0 Å². The number of hydrogen-bond acceptors (Lipinski definition) is 1. The van der Waals surface area contributed by atoms with Gasteiger partial charge in [0, 0.05) is 5.25 Å². The summed E-state index contributed by atoms with van der Waals surface area (Å²) in [4.78, 5) is 0. The van der Waals surface area contributed by atoms with Crippen LogP contribution >= 0.6 is 11.8 Å². The van der Waals surface area contributed by atoms with E-state index in [1.807, 2.05) is 0 Å². The Kier molecular flexibility index (Phi) is 2.74. The first kappa shape index (κ1) is 9.77. The van der Waals surface area contributed by atoms with E-state index in [1.165, 1.54) is 31.4 Å². The molecule has 0 spiro atoms. The maximum atomic E-state index is 2.31. The highest BCUT2D eigenvalue weighted by atomic mass is 32.2. The zero-order valence-corrected chi connectivity index (χ0v) is 9.88. The molecule has 1 aliphatic carbocycles. The van der Waals surface area contributed by atoms with E-state index in [0.717, 1.165) is 17.1 Å². The minimum Gasteiger partial charge on any atom is -0.153 e.